The summed E-state index contributed by atoms with van der Waals surface area (Å²) in [5.41, 5.74) is 4.60. The highest BCUT2D eigenvalue weighted by Crippen LogP contribution is 2.37. The maximum Gasteiger partial charge on any atom is 0.251 e. The highest BCUT2D eigenvalue weighted by molar-refractivity contribution is 6.06. The summed E-state index contributed by atoms with van der Waals surface area (Å²) >= 11 is 0. The van der Waals surface area contributed by atoms with E-state index in [2.05, 4.69) is 26.6 Å². The number of aromatic amines is 1. The molecule has 2 amide bonds. The van der Waals surface area contributed by atoms with Gasteiger partial charge < -0.3 is 20.5 Å². The van der Waals surface area contributed by atoms with Crippen LogP contribution in [0.2, 0.25) is 0 Å². The van der Waals surface area contributed by atoms with Crippen LogP contribution in [-0.2, 0) is 11.2 Å². The van der Waals surface area contributed by atoms with Gasteiger partial charge in [0, 0.05) is 35.8 Å². The van der Waals surface area contributed by atoms with Gasteiger partial charge in [0.1, 0.15) is 6.04 Å². The second-order valence-electron chi connectivity index (χ2n) is 7.44. The lowest BCUT2D eigenvalue weighted by Crippen LogP contribution is -2.44. The van der Waals surface area contributed by atoms with Crippen molar-refractivity contribution >= 4 is 34.1 Å². The van der Waals surface area contributed by atoms with Crippen LogP contribution in [0.25, 0.3) is 10.9 Å². The molecule has 5 rings (SSSR count). The van der Waals surface area contributed by atoms with Crippen LogP contribution in [0.5, 0.6) is 0 Å². The Kier molecular flexibility index (Phi) is 4.04. The van der Waals surface area contributed by atoms with Gasteiger partial charge in [0.25, 0.3) is 5.91 Å². The number of hydrogen-bond donors (Lipinski definition) is 3. The second kappa shape index (κ2) is 6.71. The third-order valence-corrected chi connectivity index (χ3v) is 5.74. The first-order valence-electron chi connectivity index (χ1n) is 9.75. The molecule has 3 heterocycles. The van der Waals surface area contributed by atoms with Crippen LogP contribution < -0.4 is 15.5 Å². The third-order valence-electron chi connectivity index (χ3n) is 5.74. The first-order valence-corrected chi connectivity index (χ1v) is 9.75. The van der Waals surface area contributed by atoms with Crippen LogP contribution in [0.1, 0.15) is 28.8 Å². The quantitative estimate of drug-likeness (QED) is 0.657. The number of para-hydroxylation sites is 1. The number of benzene rings is 2. The molecule has 2 aromatic carbocycles. The van der Waals surface area contributed by atoms with E-state index in [0.29, 0.717) is 12.1 Å². The highest BCUT2D eigenvalue weighted by Gasteiger charge is 2.36. The van der Waals surface area contributed by atoms with Crippen LogP contribution in [0.4, 0.5) is 11.4 Å². The zero-order chi connectivity index (χ0) is 19.1. The van der Waals surface area contributed by atoms with Gasteiger partial charge in [-0.15, -0.1) is 0 Å². The van der Waals surface area contributed by atoms with Crippen LogP contribution in [0.15, 0.2) is 48.7 Å². The Morgan fingerprint density at radius 2 is 2.11 bits per heavy atom. The summed E-state index contributed by atoms with van der Waals surface area (Å²) in [7, 11) is 0. The smallest absolute Gasteiger partial charge is 0.251 e. The van der Waals surface area contributed by atoms with E-state index in [1.807, 2.05) is 36.5 Å². The molecule has 0 unspecified atom stereocenters. The highest BCUT2D eigenvalue weighted by atomic mass is 16.2. The monoisotopic (exact) mass is 374 g/mol. The molecule has 6 heteroatoms. The van der Waals surface area contributed by atoms with E-state index >= 15 is 0 Å². The topological polar surface area (TPSA) is 77.2 Å². The van der Waals surface area contributed by atoms with E-state index in [9.17, 15) is 9.59 Å². The summed E-state index contributed by atoms with van der Waals surface area (Å²) in [6, 6.07) is 13.7. The molecule has 0 radical (unpaired) electrons. The lowest BCUT2D eigenvalue weighted by Gasteiger charge is -2.33. The SMILES string of the molecule is O=C(NCCc1c[nH]c2ccccc12)c1ccc2c(c1)NC(=O)[C@H]1CCCN21. The number of fused-ring (bicyclic) bond motifs is 4. The molecule has 0 aliphatic carbocycles. The van der Waals surface area contributed by atoms with Crippen LogP contribution in [0.3, 0.4) is 0 Å². The fraction of sp³-hybridized carbons (Fsp3) is 0.273. The minimum absolute atomic E-state index is 0.0295. The number of anilines is 2. The van der Waals surface area contributed by atoms with Gasteiger partial charge in [-0.3, -0.25) is 9.59 Å². The van der Waals surface area contributed by atoms with Crippen molar-refractivity contribution in [2.45, 2.75) is 25.3 Å². The molecule has 2 aliphatic heterocycles. The Morgan fingerprint density at radius 3 is 3.04 bits per heavy atom. The van der Waals surface area contributed by atoms with Crippen molar-refractivity contribution in [3.63, 3.8) is 0 Å². The number of hydrogen-bond acceptors (Lipinski definition) is 3. The molecule has 3 aromatic rings. The van der Waals surface area contributed by atoms with Gasteiger partial charge in [0.15, 0.2) is 0 Å². The van der Waals surface area contributed by atoms with Crippen molar-refractivity contribution in [3.05, 3.63) is 59.8 Å². The van der Waals surface area contributed by atoms with Crippen molar-refractivity contribution in [3.8, 4) is 0 Å². The molecular weight excluding hydrogens is 352 g/mol. The normalized spacial score (nSPS) is 17.9. The summed E-state index contributed by atoms with van der Waals surface area (Å²) in [6.07, 6.45) is 4.67. The molecule has 1 fully saturated rings. The predicted molar refractivity (Wildman–Crippen MR) is 110 cm³/mol. The Morgan fingerprint density at radius 1 is 1.21 bits per heavy atom. The van der Waals surface area contributed by atoms with Crippen molar-refractivity contribution in [2.75, 3.05) is 23.3 Å². The predicted octanol–water partition coefficient (Wildman–Crippen LogP) is 3.06. The molecule has 142 valence electrons. The summed E-state index contributed by atoms with van der Waals surface area (Å²) in [5, 5.41) is 7.14. The van der Waals surface area contributed by atoms with Crippen molar-refractivity contribution in [2.24, 2.45) is 0 Å². The van der Waals surface area contributed by atoms with E-state index in [4.69, 9.17) is 0 Å². The van der Waals surface area contributed by atoms with Crippen LogP contribution in [0, 0.1) is 0 Å². The number of nitrogens with zero attached hydrogens (tertiary/aromatic N) is 1. The van der Waals surface area contributed by atoms with Gasteiger partial charge in [0.2, 0.25) is 5.91 Å². The number of H-pyrrole nitrogens is 1. The lowest BCUT2D eigenvalue weighted by molar-refractivity contribution is -0.117. The molecule has 0 spiro atoms. The summed E-state index contributed by atoms with van der Waals surface area (Å²) in [4.78, 5) is 30.3. The molecule has 1 atom stereocenters. The molecule has 3 N–H and O–H groups in total. The van der Waals surface area contributed by atoms with E-state index in [1.165, 1.54) is 10.9 Å². The molecule has 1 aromatic heterocycles. The van der Waals surface area contributed by atoms with E-state index < -0.39 is 0 Å². The first-order chi connectivity index (χ1) is 13.7. The number of amides is 2. The zero-order valence-corrected chi connectivity index (χ0v) is 15.5. The first kappa shape index (κ1) is 16.9. The Balaban J connectivity index is 1.27. The number of rotatable bonds is 4. The van der Waals surface area contributed by atoms with Crippen molar-refractivity contribution < 1.29 is 9.59 Å². The maximum absolute atomic E-state index is 12.6. The second-order valence-corrected chi connectivity index (χ2v) is 7.44. The minimum Gasteiger partial charge on any atom is -0.361 e. The van der Waals surface area contributed by atoms with Gasteiger partial charge in [-0.25, -0.2) is 0 Å². The number of nitrogens with one attached hydrogen (secondary N) is 3. The largest absolute Gasteiger partial charge is 0.361 e. The fourth-order valence-electron chi connectivity index (χ4n) is 4.32. The molecule has 2 aliphatic rings. The van der Waals surface area contributed by atoms with Gasteiger partial charge >= 0.3 is 0 Å². The van der Waals surface area contributed by atoms with Crippen molar-refractivity contribution in [1.29, 1.82) is 0 Å². The molecule has 1 saturated heterocycles. The average Bonchev–Trinajstić information content (AvgIpc) is 3.36. The Hall–Kier alpha value is -3.28. The fourth-order valence-corrected chi connectivity index (χ4v) is 4.32. The Labute approximate surface area is 162 Å². The van der Waals surface area contributed by atoms with E-state index in [0.717, 1.165) is 42.7 Å². The van der Waals surface area contributed by atoms with Crippen LogP contribution in [-0.4, -0.2) is 35.9 Å². The Bertz CT molecular complexity index is 1070. The van der Waals surface area contributed by atoms with E-state index in [1.54, 1.807) is 6.07 Å². The minimum atomic E-state index is -0.125. The van der Waals surface area contributed by atoms with Gasteiger partial charge in [-0.05, 0) is 49.1 Å². The van der Waals surface area contributed by atoms with E-state index in [-0.39, 0.29) is 17.9 Å². The number of aromatic nitrogens is 1. The maximum atomic E-state index is 12.6. The summed E-state index contributed by atoms with van der Waals surface area (Å²) < 4.78 is 0. The molecule has 0 saturated carbocycles. The standard InChI is InChI=1S/C22H22N4O2/c27-21(23-10-9-15-13-24-17-5-2-1-4-16(15)17)14-7-8-19-18(12-14)25-22(28)20-6-3-11-26(19)20/h1-2,4-5,7-8,12-13,20,24H,3,6,9-11H2,(H,23,27)(H,25,28)/t20-/m1/s1. The average molecular weight is 374 g/mol. The summed E-state index contributed by atoms with van der Waals surface area (Å²) in [5.74, 6) is -0.0951. The lowest BCUT2D eigenvalue weighted by atomic mass is 10.1. The number of carbonyl (C=O) groups is 2. The van der Waals surface area contributed by atoms with Gasteiger partial charge in [0.05, 0.1) is 11.4 Å². The summed E-state index contributed by atoms with van der Waals surface area (Å²) in [6.45, 7) is 1.44. The molecule has 0 bridgehead atoms. The number of carbonyl (C=O) groups excluding carboxylic acids is 2. The van der Waals surface area contributed by atoms with Gasteiger partial charge in [-0.2, -0.15) is 0 Å². The third kappa shape index (κ3) is 2.81. The van der Waals surface area contributed by atoms with Crippen molar-refractivity contribution in [1.82, 2.24) is 10.3 Å². The van der Waals surface area contributed by atoms with Gasteiger partial charge in [-0.1, -0.05) is 18.2 Å². The molecule has 6 nitrogen and oxygen atoms in total. The molecule has 28 heavy (non-hydrogen) atoms. The zero-order valence-electron chi connectivity index (χ0n) is 15.5. The molecular formula is C22H22N4O2. The van der Waals surface area contributed by atoms with Crippen LogP contribution >= 0.6 is 0 Å².